The van der Waals surface area contributed by atoms with Gasteiger partial charge in [-0.15, -0.1) is 0 Å². The van der Waals surface area contributed by atoms with E-state index in [-0.39, 0.29) is 30.7 Å². The van der Waals surface area contributed by atoms with Crippen LogP contribution in [0.5, 0.6) is 5.75 Å². The van der Waals surface area contributed by atoms with Gasteiger partial charge in [0.2, 0.25) is 0 Å². The normalized spacial score (nSPS) is 15.4. The van der Waals surface area contributed by atoms with Gasteiger partial charge in [-0.3, -0.25) is 4.57 Å². The van der Waals surface area contributed by atoms with Crippen LogP contribution in [0.1, 0.15) is 30.6 Å². The summed E-state index contributed by atoms with van der Waals surface area (Å²) in [6, 6.07) is 12.9. The molecule has 9 nitrogen and oxygen atoms in total. The fraction of sp³-hybridized carbons (Fsp3) is 0.393. The third-order valence-electron chi connectivity index (χ3n) is 7.25. The van der Waals surface area contributed by atoms with Gasteiger partial charge in [0.15, 0.2) is 0 Å². The van der Waals surface area contributed by atoms with Crippen molar-refractivity contribution in [3.63, 3.8) is 0 Å². The Morgan fingerprint density at radius 1 is 1.17 bits per heavy atom. The Labute approximate surface area is 238 Å². The van der Waals surface area contributed by atoms with Gasteiger partial charge in [0.05, 0.1) is 11.7 Å². The number of aliphatic hydroxyl groups is 1. The van der Waals surface area contributed by atoms with Crippen LogP contribution in [0.4, 0.5) is 24.7 Å². The van der Waals surface area contributed by atoms with Gasteiger partial charge in [-0.1, -0.05) is 0 Å². The second-order valence-electron chi connectivity index (χ2n) is 10.2. The highest BCUT2D eigenvalue weighted by molar-refractivity contribution is 6.28. The number of fused-ring (bicyclic) bond motifs is 1. The molecule has 218 valence electrons. The number of nitro groups is 1. The molecule has 4 aromatic rings. The van der Waals surface area contributed by atoms with Gasteiger partial charge in [-0.05, 0) is 95.2 Å². The second-order valence-corrected chi connectivity index (χ2v) is 10.5. The van der Waals surface area contributed by atoms with Crippen molar-refractivity contribution in [1.29, 1.82) is 0 Å². The van der Waals surface area contributed by atoms with Crippen LogP contribution in [0.2, 0.25) is 5.28 Å². The average molecular weight is 593 g/mol. The minimum Gasteiger partial charge on any atom is -0.491 e. The lowest BCUT2D eigenvalue weighted by Crippen LogP contribution is -2.34. The van der Waals surface area contributed by atoms with E-state index in [1.807, 2.05) is 24.3 Å². The molecule has 13 heteroatoms. The molecule has 0 amide bonds. The number of rotatable bonds is 10. The summed E-state index contributed by atoms with van der Waals surface area (Å²) in [5.74, 6) is 1.34. The molecule has 1 atom stereocenters. The van der Waals surface area contributed by atoms with E-state index >= 15 is 0 Å². The van der Waals surface area contributed by atoms with Crippen molar-refractivity contribution in [2.24, 2.45) is 5.92 Å². The van der Waals surface area contributed by atoms with Crippen LogP contribution < -0.4 is 9.64 Å². The predicted octanol–water partition coefficient (Wildman–Crippen LogP) is 6.50. The highest BCUT2D eigenvalue weighted by Gasteiger charge is 2.31. The van der Waals surface area contributed by atoms with Crippen LogP contribution in [-0.2, 0) is 19.1 Å². The number of hydrogen-bond acceptors (Lipinski definition) is 7. The average Bonchev–Trinajstić information content (AvgIpc) is 3.53. The Hall–Kier alpha value is -3.77. The molecule has 0 saturated carbocycles. The lowest BCUT2D eigenvalue weighted by atomic mass is 9.92. The first kappa shape index (κ1) is 28.7. The maximum atomic E-state index is 13.0. The molecule has 1 aliphatic heterocycles. The highest BCUT2D eigenvalue weighted by atomic mass is 35.5. The summed E-state index contributed by atoms with van der Waals surface area (Å²) in [4.78, 5) is 16.1. The number of anilines is 1. The number of alkyl halides is 3. The van der Waals surface area contributed by atoms with Crippen molar-refractivity contribution in [1.82, 2.24) is 9.55 Å². The van der Waals surface area contributed by atoms with Gasteiger partial charge in [-0.2, -0.15) is 13.2 Å². The Morgan fingerprint density at radius 3 is 2.56 bits per heavy atom. The van der Waals surface area contributed by atoms with Crippen LogP contribution in [-0.4, -0.2) is 45.4 Å². The third-order valence-corrected chi connectivity index (χ3v) is 7.55. The molecule has 0 aliphatic carbocycles. The first-order valence-electron chi connectivity index (χ1n) is 13.2. The van der Waals surface area contributed by atoms with Crippen LogP contribution >= 0.6 is 11.6 Å². The zero-order chi connectivity index (χ0) is 29.1. The van der Waals surface area contributed by atoms with Crippen LogP contribution in [0.25, 0.3) is 11.0 Å². The number of furan rings is 1. The second kappa shape index (κ2) is 12.0. The SMILES string of the molecule is O=[N+]([O-])c1cn(CCC(O)COc2ccc(N3CCC(Cc4cc5cc(C(F)(F)F)ccc5o4)CC3)cc2)c(Cl)n1. The lowest BCUT2D eigenvalue weighted by Gasteiger charge is -2.33. The van der Waals surface area contributed by atoms with Crippen molar-refractivity contribution in [2.75, 3.05) is 24.6 Å². The van der Waals surface area contributed by atoms with Gasteiger partial charge < -0.3 is 29.3 Å². The number of aliphatic hydroxyl groups excluding tert-OH is 1. The zero-order valence-corrected chi connectivity index (χ0v) is 22.6. The number of hydrogen-bond donors (Lipinski definition) is 1. The lowest BCUT2D eigenvalue weighted by molar-refractivity contribution is -0.389. The first-order chi connectivity index (χ1) is 19.5. The third kappa shape index (κ3) is 7.12. The minimum atomic E-state index is -4.38. The minimum absolute atomic E-state index is 0.0121. The Bertz CT molecular complexity index is 1500. The maximum absolute atomic E-state index is 13.0. The number of aromatic nitrogens is 2. The molecule has 5 rings (SSSR count). The monoisotopic (exact) mass is 592 g/mol. The summed E-state index contributed by atoms with van der Waals surface area (Å²) in [5, 5.41) is 21.5. The summed E-state index contributed by atoms with van der Waals surface area (Å²) in [6.45, 7) is 2.00. The molecule has 1 N–H and O–H groups in total. The molecular weight excluding hydrogens is 565 g/mol. The summed E-state index contributed by atoms with van der Waals surface area (Å²) in [7, 11) is 0. The van der Waals surface area contributed by atoms with Crippen molar-refractivity contribution in [3.8, 4) is 5.75 Å². The molecule has 0 spiro atoms. The maximum Gasteiger partial charge on any atom is 0.416 e. The van der Waals surface area contributed by atoms with E-state index < -0.39 is 22.8 Å². The van der Waals surface area contributed by atoms with E-state index in [1.165, 1.54) is 16.8 Å². The summed E-state index contributed by atoms with van der Waals surface area (Å²) < 4.78 is 51.9. The van der Waals surface area contributed by atoms with Gasteiger partial charge in [0, 0.05) is 37.1 Å². The standard InChI is InChI=1S/C28H28ClF3N4O5/c29-27-33-26(36(38)39)16-35(27)12-9-22(37)17-40-23-4-2-21(3-5-23)34-10-7-18(8-11-34)13-24-15-19-14-20(28(30,31)32)1-6-25(19)41-24/h1-6,14-16,18,22,37H,7-13,17H2. The molecule has 1 saturated heterocycles. The largest absolute Gasteiger partial charge is 0.491 e. The molecule has 41 heavy (non-hydrogen) atoms. The summed E-state index contributed by atoms with van der Waals surface area (Å²) in [5.41, 5.74) is 0.842. The van der Waals surface area contributed by atoms with Crippen molar-refractivity contribution < 1.29 is 32.4 Å². The van der Waals surface area contributed by atoms with Crippen molar-refractivity contribution >= 4 is 34.1 Å². The molecular formula is C28H28ClF3N4O5. The van der Waals surface area contributed by atoms with Crippen molar-refractivity contribution in [2.45, 2.75) is 44.5 Å². The van der Waals surface area contributed by atoms with E-state index in [4.69, 9.17) is 20.8 Å². The fourth-order valence-corrected chi connectivity index (χ4v) is 5.22. The Kier molecular flexibility index (Phi) is 8.41. The van der Waals surface area contributed by atoms with E-state index in [0.29, 0.717) is 34.8 Å². The number of benzene rings is 2. The van der Waals surface area contributed by atoms with Gasteiger partial charge in [0.25, 0.3) is 0 Å². The number of halogens is 4. The number of piperidine rings is 1. The first-order valence-corrected chi connectivity index (χ1v) is 13.6. The molecule has 0 radical (unpaired) electrons. The fourth-order valence-electron chi connectivity index (χ4n) is 5.00. The van der Waals surface area contributed by atoms with Crippen LogP contribution in [0.3, 0.4) is 0 Å². The molecule has 0 bridgehead atoms. The summed E-state index contributed by atoms with van der Waals surface area (Å²) in [6.07, 6.45) is -1.13. The van der Waals surface area contributed by atoms with E-state index in [2.05, 4.69) is 9.88 Å². The van der Waals surface area contributed by atoms with Gasteiger partial charge in [0.1, 0.15) is 29.9 Å². The number of aryl methyl sites for hydroxylation is 1. The smallest absolute Gasteiger partial charge is 0.416 e. The molecule has 1 fully saturated rings. The highest BCUT2D eigenvalue weighted by Crippen LogP contribution is 2.34. The zero-order valence-electron chi connectivity index (χ0n) is 21.9. The molecule has 2 aromatic carbocycles. The topological polar surface area (TPSA) is 107 Å². The van der Waals surface area contributed by atoms with Gasteiger partial charge >= 0.3 is 17.3 Å². The molecule has 1 aliphatic rings. The number of imidazole rings is 1. The van der Waals surface area contributed by atoms with E-state index in [9.17, 15) is 28.4 Å². The Morgan fingerprint density at radius 2 is 1.90 bits per heavy atom. The van der Waals surface area contributed by atoms with E-state index in [1.54, 1.807) is 6.07 Å². The van der Waals surface area contributed by atoms with E-state index in [0.717, 1.165) is 43.8 Å². The van der Waals surface area contributed by atoms with Crippen LogP contribution in [0.15, 0.2) is 59.1 Å². The van der Waals surface area contributed by atoms with Gasteiger partial charge in [-0.25, -0.2) is 0 Å². The Balaban J connectivity index is 1.06. The van der Waals surface area contributed by atoms with Crippen molar-refractivity contribution in [3.05, 3.63) is 81.4 Å². The number of ether oxygens (including phenoxy) is 1. The number of nitrogens with zero attached hydrogens (tertiary/aromatic N) is 4. The predicted molar refractivity (Wildman–Crippen MR) is 146 cm³/mol. The molecule has 3 heterocycles. The molecule has 2 aromatic heterocycles. The molecule has 1 unspecified atom stereocenters. The quantitative estimate of drug-likeness (QED) is 0.165. The summed E-state index contributed by atoms with van der Waals surface area (Å²) >= 11 is 5.90. The van der Waals surface area contributed by atoms with Crippen LogP contribution in [0, 0.1) is 16.0 Å².